The van der Waals surface area contributed by atoms with Gasteiger partial charge in [-0.3, -0.25) is 19.3 Å². The van der Waals surface area contributed by atoms with Gasteiger partial charge in [0.1, 0.15) is 23.6 Å². The van der Waals surface area contributed by atoms with Crippen molar-refractivity contribution in [1.29, 1.82) is 0 Å². The smallest absolute Gasteiger partial charge is 0.420 e. The number of fused-ring (bicyclic) bond motifs is 1. The molecule has 7 nitrogen and oxygen atoms in total. The molecule has 0 radical (unpaired) electrons. The van der Waals surface area contributed by atoms with Gasteiger partial charge < -0.3 is 4.74 Å². The molecule has 26 heavy (non-hydrogen) atoms. The first-order chi connectivity index (χ1) is 12.3. The van der Waals surface area contributed by atoms with E-state index >= 15 is 0 Å². The number of hydrogen-bond acceptors (Lipinski definition) is 5. The number of nitro benzene ring substituents is 1. The lowest BCUT2D eigenvalue weighted by molar-refractivity contribution is -0.385. The van der Waals surface area contributed by atoms with Crippen LogP contribution in [0.1, 0.15) is 11.3 Å². The number of nitrogens with zero attached hydrogens (tertiary/aromatic N) is 3. The third kappa shape index (κ3) is 3.48. The molecule has 0 fully saturated rings. The molecule has 0 atom stereocenters. The summed E-state index contributed by atoms with van der Waals surface area (Å²) in [4.78, 5) is 25.9. The number of alkyl halides is 3. The molecule has 0 spiro atoms. The highest BCUT2D eigenvalue weighted by Gasteiger charge is 2.36. The fourth-order valence-corrected chi connectivity index (χ4v) is 2.31. The lowest BCUT2D eigenvalue weighted by Gasteiger charge is -2.13. The van der Waals surface area contributed by atoms with Crippen molar-refractivity contribution in [3.8, 4) is 5.75 Å². The summed E-state index contributed by atoms with van der Waals surface area (Å²) in [5.74, 6) is -0.585. The van der Waals surface area contributed by atoms with Gasteiger partial charge in [-0.15, -0.1) is 0 Å². The summed E-state index contributed by atoms with van der Waals surface area (Å²) in [6.07, 6.45) is -3.33. The predicted octanol–water partition coefficient (Wildman–Crippen LogP) is 3.20. The zero-order chi connectivity index (χ0) is 18.9. The number of benzene rings is 1. The molecule has 3 rings (SSSR count). The van der Waals surface area contributed by atoms with Gasteiger partial charge in [-0.25, -0.2) is 4.98 Å². The zero-order valence-electron chi connectivity index (χ0n) is 12.9. The van der Waals surface area contributed by atoms with Gasteiger partial charge in [0.25, 0.3) is 11.2 Å². The van der Waals surface area contributed by atoms with Crippen LogP contribution in [0.15, 0.2) is 53.5 Å². The minimum absolute atomic E-state index is 0.132. The fraction of sp³-hybridized carbons (Fsp3) is 0.125. The van der Waals surface area contributed by atoms with E-state index in [9.17, 15) is 28.1 Å². The Morgan fingerprint density at radius 3 is 2.65 bits per heavy atom. The van der Waals surface area contributed by atoms with E-state index in [4.69, 9.17) is 4.74 Å². The van der Waals surface area contributed by atoms with Crippen molar-refractivity contribution in [2.75, 3.05) is 0 Å². The van der Waals surface area contributed by atoms with Crippen LogP contribution in [0, 0.1) is 10.1 Å². The van der Waals surface area contributed by atoms with Crippen LogP contribution in [0.25, 0.3) is 5.65 Å². The van der Waals surface area contributed by atoms with E-state index in [0.29, 0.717) is 11.7 Å². The molecular weight excluding hydrogens is 355 g/mol. The molecule has 0 N–H and O–H groups in total. The molecule has 0 saturated carbocycles. The normalized spacial score (nSPS) is 11.5. The quantitative estimate of drug-likeness (QED) is 0.523. The Kier molecular flexibility index (Phi) is 4.33. The van der Waals surface area contributed by atoms with E-state index < -0.39 is 40.3 Å². The van der Waals surface area contributed by atoms with Gasteiger partial charge >= 0.3 is 6.18 Å². The van der Waals surface area contributed by atoms with E-state index in [2.05, 4.69) is 4.98 Å². The van der Waals surface area contributed by atoms with Crippen molar-refractivity contribution in [3.63, 3.8) is 0 Å². The average Bonchev–Trinajstić information content (AvgIpc) is 2.59. The molecule has 134 valence electrons. The average molecular weight is 365 g/mol. The van der Waals surface area contributed by atoms with Gasteiger partial charge in [0.2, 0.25) is 0 Å². The Hall–Kier alpha value is -3.43. The van der Waals surface area contributed by atoms with Crippen molar-refractivity contribution >= 4 is 11.3 Å². The predicted molar refractivity (Wildman–Crippen MR) is 83.9 cm³/mol. The summed E-state index contributed by atoms with van der Waals surface area (Å²) >= 11 is 0. The van der Waals surface area contributed by atoms with E-state index in [-0.39, 0.29) is 5.69 Å². The third-order valence-corrected chi connectivity index (χ3v) is 3.48. The molecule has 2 aromatic heterocycles. The van der Waals surface area contributed by atoms with E-state index in [0.717, 1.165) is 18.2 Å². The molecule has 0 amide bonds. The second kappa shape index (κ2) is 6.47. The summed E-state index contributed by atoms with van der Waals surface area (Å²) in [5, 5.41) is 10.7. The van der Waals surface area contributed by atoms with Crippen LogP contribution in [0.2, 0.25) is 0 Å². The summed E-state index contributed by atoms with van der Waals surface area (Å²) in [5.41, 5.74) is -1.93. The standard InChI is InChI=1S/C16H10F3N3O4/c17-16(18,19)12-8-11(22(24)25)4-5-13(12)26-9-10-7-15(23)21-6-2-1-3-14(21)20-10/h1-8H,9H2. The van der Waals surface area contributed by atoms with Gasteiger partial charge in [-0.1, -0.05) is 6.07 Å². The van der Waals surface area contributed by atoms with E-state index in [1.807, 2.05) is 0 Å². The molecule has 2 heterocycles. The maximum absolute atomic E-state index is 13.1. The Bertz CT molecular complexity index is 1050. The lowest BCUT2D eigenvalue weighted by Crippen LogP contribution is -2.16. The van der Waals surface area contributed by atoms with Gasteiger partial charge in [-0.05, 0) is 18.2 Å². The second-order valence-corrected chi connectivity index (χ2v) is 5.24. The first-order valence-electron chi connectivity index (χ1n) is 7.21. The van der Waals surface area contributed by atoms with E-state index in [1.165, 1.54) is 10.6 Å². The Morgan fingerprint density at radius 2 is 1.96 bits per heavy atom. The van der Waals surface area contributed by atoms with Crippen LogP contribution in [0.4, 0.5) is 18.9 Å². The summed E-state index contributed by atoms with van der Waals surface area (Å²) < 4.78 is 45.8. The minimum atomic E-state index is -4.84. The molecule has 0 unspecified atom stereocenters. The van der Waals surface area contributed by atoms with Crippen LogP contribution in [0.5, 0.6) is 5.75 Å². The van der Waals surface area contributed by atoms with Crippen molar-refractivity contribution in [1.82, 2.24) is 9.38 Å². The molecule has 3 aromatic rings. The van der Waals surface area contributed by atoms with Gasteiger partial charge in [0.15, 0.2) is 0 Å². The molecule has 0 saturated heterocycles. The summed E-state index contributed by atoms with van der Waals surface area (Å²) in [6, 6.07) is 8.19. The maximum Gasteiger partial charge on any atom is 0.420 e. The zero-order valence-corrected chi connectivity index (χ0v) is 12.9. The third-order valence-electron chi connectivity index (χ3n) is 3.48. The monoisotopic (exact) mass is 365 g/mol. The number of aromatic nitrogens is 2. The fourth-order valence-electron chi connectivity index (χ4n) is 2.31. The van der Waals surface area contributed by atoms with Crippen molar-refractivity contribution in [2.45, 2.75) is 12.8 Å². The lowest BCUT2D eigenvalue weighted by atomic mass is 10.1. The molecular formula is C16H10F3N3O4. The Balaban J connectivity index is 1.92. The van der Waals surface area contributed by atoms with Crippen molar-refractivity contribution in [2.24, 2.45) is 0 Å². The highest BCUT2D eigenvalue weighted by molar-refractivity contribution is 5.45. The highest BCUT2D eigenvalue weighted by atomic mass is 19.4. The molecule has 10 heteroatoms. The maximum atomic E-state index is 13.1. The highest BCUT2D eigenvalue weighted by Crippen LogP contribution is 2.38. The number of non-ortho nitro benzene ring substituents is 1. The van der Waals surface area contributed by atoms with Gasteiger partial charge in [-0.2, -0.15) is 13.2 Å². The molecule has 1 aromatic carbocycles. The second-order valence-electron chi connectivity index (χ2n) is 5.24. The van der Waals surface area contributed by atoms with Crippen molar-refractivity contribution in [3.05, 3.63) is 80.4 Å². The largest absolute Gasteiger partial charge is 0.487 e. The van der Waals surface area contributed by atoms with Crippen LogP contribution >= 0.6 is 0 Å². The summed E-state index contributed by atoms with van der Waals surface area (Å²) in [7, 11) is 0. The molecule has 0 aliphatic rings. The number of pyridine rings is 1. The number of nitro groups is 1. The van der Waals surface area contributed by atoms with Crippen LogP contribution < -0.4 is 10.3 Å². The van der Waals surface area contributed by atoms with Gasteiger partial charge in [0, 0.05) is 24.4 Å². The molecule has 0 bridgehead atoms. The summed E-state index contributed by atoms with van der Waals surface area (Å²) in [6.45, 7) is -0.401. The number of hydrogen-bond donors (Lipinski definition) is 0. The topological polar surface area (TPSA) is 86.7 Å². The number of rotatable bonds is 4. The van der Waals surface area contributed by atoms with Crippen LogP contribution in [-0.4, -0.2) is 14.3 Å². The van der Waals surface area contributed by atoms with Crippen LogP contribution in [-0.2, 0) is 12.8 Å². The van der Waals surface area contributed by atoms with Crippen LogP contribution in [0.3, 0.4) is 0 Å². The Morgan fingerprint density at radius 1 is 1.19 bits per heavy atom. The van der Waals surface area contributed by atoms with E-state index in [1.54, 1.807) is 18.2 Å². The number of ether oxygens (including phenoxy) is 1. The Labute approximate surface area is 143 Å². The molecule has 0 aliphatic carbocycles. The first kappa shape index (κ1) is 17.4. The molecule has 0 aliphatic heterocycles. The van der Waals surface area contributed by atoms with Gasteiger partial charge in [0.05, 0.1) is 10.6 Å². The SMILES string of the molecule is O=c1cc(COc2ccc([N+](=O)[O-])cc2C(F)(F)F)nc2ccccn12. The first-order valence-corrected chi connectivity index (χ1v) is 7.21. The minimum Gasteiger partial charge on any atom is -0.487 e. The number of halogens is 3. The van der Waals surface area contributed by atoms with Crippen molar-refractivity contribution < 1.29 is 22.8 Å².